The van der Waals surface area contributed by atoms with E-state index >= 15 is 0 Å². The van der Waals surface area contributed by atoms with E-state index in [1.807, 2.05) is 0 Å². The summed E-state index contributed by atoms with van der Waals surface area (Å²) in [5.41, 5.74) is 0.274. The van der Waals surface area contributed by atoms with Gasteiger partial charge in [0.15, 0.2) is 0 Å². The summed E-state index contributed by atoms with van der Waals surface area (Å²) in [4.78, 5) is 12.0. The Balaban J connectivity index is 1.88. The van der Waals surface area contributed by atoms with Crippen LogP contribution in [0.1, 0.15) is 12.8 Å². The second kappa shape index (κ2) is 2.62. The van der Waals surface area contributed by atoms with Crippen molar-refractivity contribution in [3.63, 3.8) is 0 Å². The van der Waals surface area contributed by atoms with Gasteiger partial charge in [0.2, 0.25) is 0 Å². The highest BCUT2D eigenvalue weighted by molar-refractivity contribution is 5.66. The third-order valence-electron chi connectivity index (χ3n) is 2.88. The maximum Gasteiger partial charge on any atom is 0.407 e. The lowest BCUT2D eigenvalue weighted by Gasteiger charge is -2.50. The summed E-state index contributed by atoms with van der Waals surface area (Å²) in [7, 11) is 0. The molecule has 0 saturated carbocycles. The van der Waals surface area contributed by atoms with E-state index in [9.17, 15) is 4.79 Å². The number of nitrogens with zero attached hydrogens (tertiary/aromatic N) is 1. The van der Waals surface area contributed by atoms with Gasteiger partial charge in [-0.05, 0) is 12.8 Å². The Morgan fingerprint density at radius 3 is 2.42 bits per heavy atom. The fourth-order valence-corrected chi connectivity index (χ4v) is 2.02. The zero-order valence-electron chi connectivity index (χ0n) is 6.95. The van der Waals surface area contributed by atoms with Crippen LogP contribution in [0.2, 0.25) is 0 Å². The molecule has 0 bridgehead atoms. The molecule has 0 aromatic heterocycles. The topological polar surface area (TPSA) is 49.8 Å². The summed E-state index contributed by atoms with van der Waals surface area (Å²) in [5.74, 6) is 0. The van der Waals surface area contributed by atoms with Gasteiger partial charge in [0, 0.05) is 31.7 Å². The van der Waals surface area contributed by atoms with Gasteiger partial charge in [-0.1, -0.05) is 0 Å². The molecule has 1 N–H and O–H groups in total. The monoisotopic (exact) mass is 171 g/mol. The van der Waals surface area contributed by atoms with Gasteiger partial charge in [0.25, 0.3) is 0 Å². The number of carbonyl (C=O) groups is 1. The summed E-state index contributed by atoms with van der Waals surface area (Å²) in [6, 6.07) is 0. The van der Waals surface area contributed by atoms with Gasteiger partial charge in [-0.3, -0.25) is 0 Å². The van der Waals surface area contributed by atoms with E-state index in [1.165, 1.54) is 4.90 Å². The summed E-state index contributed by atoms with van der Waals surface area (Å²) < 4.78 is 5.23. The molecule has 0 aromatic carbocycles. The zero-order chi connectivity index (χ0) is 8.60. The molecule has 0 radical (unpaired) electrons. The molecule has 4 heteroatoms. The van der Waals surface area contributed by atoms with Crippen LogP contribution in [-0.4, -0.2) is 42.4 Å². The molecule has 0 atom stereocenters. The van der Waals surface area contributed by atoms with Gasteiger partial charge < -0.3 is 14.7 Å². The van der Waals surface area contributed by atoms with Crippen molar-refractivity contribution in [1.82, 2.24) is 4.90 Å². The highest BCUT2D eigenvalue weighted by Crippen LogP contribution is 2.39. The van der Waals surface area contributed by atoms with Crippen LogP contribution in [0.4, 0.5) is 4.79 Å². The molecule has 2 saturated heterocycles. The molecule has 2 heterocycles. The van der Waals surface area contributed by atoms with Crippen molar-refractivity contribution in [2.24, 2.45) is 5.41 Å². The second-order valence-electron chi connectivity index (χ2n) is 3.75. The van der Waals surface area contributed by atoms with Crippen LogP contribution in [0.5, 0.6) is 0 Å². The summed E-state index contributed by atoms with van der Waals surface area (Å²) in [6.07, 6.45) is 1.26. The van der Waals surface area contributed by atoms with Crippen molar-refractivity contribution >= 4 is 6.09 Å². The minimum atomic E-state index is -0.785. The van der Waals surface area contributed by atoms with Crippen molar-refractivity contribution in [2.45, 2.75) is 12.8 Å². The normalized spacial score (nSPS) is 26.8. The molecular formula is C8H13NO3. The first-order valence-corrected chi connectivity index (χ1v) is 4.28. The van der Waals surface area contributed by atoms with Gasteiger partial charge in [-0.15, -0.1) is 0 Å². The smallest absolute Gasteiger partial charge is 0.407 e. The molecule has 12 heavy (non-hydrogen) atoms. The van der Waals surface area contributed by atoms with Crippen LogP contribution in [0, 0.1) is 5.41 Å². The molecule has 0 aliphatic carbocycles. The van der Waals surface area contributed by atoms with Gasteiger partial charge in [-0.2, -0.15) is 0 Å². The largest absolute Gasteiger partial charge is 0.465 e. The second-order valence-corrected chi connectivity index (χ2v) is 3.75. The first kappa shape index (κ1) is 7.86. The number of rotatable bonds is 0. The fourth-order valence-electron chi connectivity index (χ4n) is 2.02. The van der Waals surface area contributed by atoms with Crippen LogP contribution < -0.4 is 0 Å². The predicted molar refractivity (Wildman–Crippen MR) is 42.1 cm³/mol. The number of hydrogen-bond donors (Lipinski definition) is 1. The van der Waals surface area contributed by atoms with Crippen LogP contribution in [-0.2, 0) is 4.74 Å². The van der Waals surface area contributed by atoms with Crippen LogP contribution in [0.3, 0.4) is 0 Å². The zero-order valence-corrected chi connectivity index (χ0v) is 6.95. The summed E-state index contributed by atoms with van der Waals surface area (Å²) in [5, 5.41) is 8.64. The molecule has 2 fully saturated rings. The van der Waals surface area contributed by atoms with Crippen molar-refractivity contribution < 1.29 is 14.6 Å². The maximum absolute atomic E-state index is 10.5. The lowest BCUT2D eigenvalue weighted by atomic mass is 9.74. The van der Waals surface area contributed by atoms with E-state index in [-0.39, 0.29) is 5.41 Å². The average Bonchev–Trinajstić information content (AvgIpc) is 2.01. The van der Waals surface area contributed by atoms with Crippen LogP contribution >= 0.6 is 0 Å². The molecule has 2 aliphatic rings. The Bertz CT molecular complexity index is 190. The van der Waals surface area contributed by atoms with Gasteiger partial charge >= 0.3 is 6.09 Å². The van der Waals surface area contributed by atoms with E-state index in [1.54, 1.807) is 0 Å². The van der Waals surface area contributed by atoms with E-state index in [2.05, 4.69) is 0 Å². The first-order valence-electron chi connectivity index (χ1n) is 4.28. The minimum Gasteiger partial charge on any atom is -0.465 e. The Morgan fingerprint density at radius 2 is 1.92 bits per heavy atom. The van der Waals surface area contributed by atoms with Crippen molar-refractivity contribution in [2.75, 3.05) is 26.3 Å². The maximum atomic E-state index is 10.5. The lowest BCUT2D eigenvalue weighted by molar-refractivity contribution is -0.0691. The Kier molecular flexibility index (Phi) is 1.72. The molecule has 1 spiro atoms. The highest BCUT2D eigenvalue weighted by atomic mass is 16.5. The van der Waals surface area contributed by atoms with Crippen molar-refractivity contribution in [3.05, 3.63) is 0 Å². The molecule has 0 unspecified atom stereocenters. The molecule has 68 valence electrons. The van der Waals surface area contributed by atoms with Crippen LogP contribution in [0.25, 0.3) is 0 Å². The minimum absolute atomic E-state index is 0.274. The van der Waals surface area contributed by atoms with E-state index in [0.717, 1.165) is 26.1 Å². The summed E-state index contributed by atoms with van der Waals surface area (Å²) in [6.45, 7) is 3.03. The Hall–Kier alpha value is -0.770. The SMILES string of the molecule is O=C(O)N1CC2(CCOCC2)C1. The van der Waals surface area contributed by atoms with E-state index < -0.39 is 6.09 Å². The van der Waals surface area contributed by atoms with Crippen LogP contribution in [0.15, 0.2) is 0 Å². The first-order chi connectivity index (χ1) is 5.72. The number of ether oxygens (including phenoxy) is 1. The number of amides is 1. The lowest BCUT2D eigenvalue weighted by Crippen LogP contribution is -2.59. The van der Waals surface area contributed by atoms with Gasteiger partial charge in [0.1, 0.15) is 0 Å². The molecular weight excluding hydrogens is 158 g/mol. The molecule has 2 aliphatic heterocycles. The quantitative estimate of drug-likeness (QED) is 0.585. The molecule has 4 nitrogen and oxygen atoms in total. The average molecular weight is 171 g/mol. The van der Waals surface area contributed by atoms with Gasteiger partial charge in [0.05, 0.1) is 0 Å². The third-order valence-corrected chi connectivity index (χ3v) is 2.88. The van der Waals surface area contributed by atoms with E-state index in [0.29, 0.717) is 13.1 Å². The predicted octanol–water partition coefficient (Wildman–Crippen LogP) is 0.777. The molecule has 2 rings (SSSR count). The molecule has 0 aromatic rings. The standard InChI is InChI=1S/C8H13NO3/c10-7(11)9-5-8(6-9)1-3-12-4-2-8/h1-6H2,(H,10,11). The van der Waals surface area contributed by atoms with Crippen molar-refractivity contribution in [3.8, 4) is 0 Å². The number of carboxylic acid groups (broad SMARTS) is 1. The Morgan fingerprint density at radius 1 is 1.33 bits per heavy atom. The fraction of sp³-hybridized carbons (Fsp3) is 0.875. The van der Waals surface area contributed by atoms with E-state index in [4.69, 9.17) is 9.84 Å². The summed E-state index contributed by atoms with van der Waals surface area (Å²) >= 11 is 0. The Labute approximate surface area is 71.1 Å². The molecule has 1 amide bonds. The van der Waals surface area contributed by atoms with Crippen molar-refractivity contribution in [1.29, 1.82) is 0 Å². The number of hydrogen-bond acceptors (Lipinski definition) is 2. The number of likely N-dealkylation sites (tertiary alicyclic amines) is 1. The third kappa shape index (κ3) is 1.16. The van der Waals surface area contributed by atoms with Gasteiger partial charge in [-0.25, -0.2) is 4.79 Å². The highest BCUT2D eigenvalue weighted by Gasteiger charge is 2.45.